The molecule has 0 saturated carbocycles. The molecule has 2 N–H and O–H groups in total. The maximum atomic E-state index is 11.8. The van der Waals surface area contributed by atoms with Crippen LogP contribution in [0.2, 0.25) is 0 Å². The van der Waals surface area contributed by atoms with Crippen molar-refractivity contribution in [3.8, 4) is 0 Å². The van der Waals surface area contributed by atoms with E-state index in [1.807, 2.05) is 0 Å². The van der Waals surface area contributed by atoms with Gasteiger partial charge in [-0.05, 0) is 37.8 Å². The predicted octanol–water partition coefficient (Wildman–Crippen LogP) is 2.01. The van der Waals surface area contributed by atoms with Crippen LogP contribution in [0.15, 0.2) is 30.0 Å². The average Bonchev–Trinajstić information content (AvgIpc) is 2.92. The van der Waals surface area contributed by atoms with Crippen molar-refractivity contribution >= 4 is 11.9 Å². The molecule has 1 aromatic heterocycles. The Labute approximate surface area is 111 Å². The number of carboxylic acid groups (broad SMARTS) is 1. The van der Waals surface area contributed by atoms with Gasteiger partial charge in [-0.3, -0.25) is 9.78 Å². The summed E-state index contributed by atoms with van der Waals surface area (Å²) in [5.41, 5.74) is 1.72. The standard InChI is InChI=1S/C14H16N2O3/c17-13(15-8-7-10-3-1-2-4-10)12-6-5-11(9-16-12)14(18)19/h3,5-6,9H,1-2,4,7-8H2,(H,15,17)(H,18,19). The number of carbonyl (C=O) groups excluding carboxylic acids is 1. The molecule has 0 unspecified atom stereocenters. The Morgan fingerprint density at radius 3 is 2.79 bits per heavy atom. The third-order valence-electron chi connectivity index (χ3n) is 3.11. The molecule has 19 heavy (non-hydrogen) atoms. The van der Waals surface area contributed by atoms with Gasteiger partial charge in [0, 0.05) is 12.7 Å². The smallest absolute Gasteiger partial charge is 0.337 e. The summed E-state index contributed by atoms with van der Waals surface area (Å²) < 4.78 is 0. The van der Waals surface area contributed by atoms with Crippen LogP contribution >= 0.6 is 0 Å². The number of hydrogen-bond acceptors (Lipinski definition) is 3. The maximum Gasteiger partial charge on any atom is 0.337 e. The monoisotopic (exact) mass is 260 g/mol. The number of amides is 1. The molecular weight excluding hydrogens is 244 g/mol. The normalized spacial score (nSPS) is 14.0. The van der Waals surface area contributed by atoms with E-state index < -0.39 is 5.97 Å². The number of allylic oxidation sites excluding steroid dienone is 1. The Balaban J connectivity index is 1.83. The first-order valence-corrected chi connectivity index (χ1v) is 6.32. The number of hydrogen-bond donors (Lipinski definition) is 2. The van der Waals surface area contributed by atoms with Crippen molar-refractivity contribution in [3.63, 3.8) is 0 Å². The Hall–Kier alpha value is -2.17. The van der Waals surface area contributed by atoms with E-state index in [1.165, 1.54) is 30.3 Å². The molecule has 1 amide bonds. The highest BCUT2D eigenvalue weighted by molar-refractivity contribution is 5.93. The summed E-state index contributed by atoms with van der Waals surface area (Å²) in [6, 6.07) is 2.80. The van der Waals surface area contributed by atoms with Crippen molar-refractivity contribution < 1.29 is 14.7 Å². The van der Waals surface area contributed by atoms with Crippen LogP contribution in [0.5, 0.6) is 0 Å². The van der Waals surface area contributed by atoms with Crippen LogP contribution in [0.25, 0.3) is 0 Å². The fourth-order valence-corrected chi connectivity index (χ4v) is 2.05. The summed E-state index contributed by atoms with van der Waals surface area (Å²) in [5.74, 6) is -1.32. The Kier molecular flexibility index (Phi) is 4.28. The summed E-state index contributed by atoms with van der Waals surface area (Å²) in [5, 5.41) is 11.5. The van der Waals surface area contributed by atoms with E-state index in [2.05, 4.69) is 16.4 Å². The fraction of sp³-hybridized carbons (Fsp3) is 0.357. The molecule has 5 heteroatoms. The van der Waals surface area contributed by atoms with E-state index in [1.54, 1.807) is 0 Å². The number of rotatable bonds is 5. The average molecular weight is 260 g/mol. The van der Waals surface area contributed by atoms with Gasteiger partial charge in [-0.1, -0.05) is 11.6 Å². The summed E-state index contributed by atoms with van der Waals surface area (Å²) in [7, 11) is 0. The van der Waals surface area contributed by atoms with Crippen molar-refractivity contribution in [1.82, 2.24) is 10.3 Å². The minimum Gasteiger partial charge on any atom is -0.478 e. The second-order valence-electron chi connectivity index (χ2n) is 4.50. The summed E-state index contributed by atoms with van der Waals surface area (Å²) in [4.78, 5) is 26.3. The Morgan fingerprint density at radius 1 is 1.37 bits per heavy atom. The van der Waals surface area contributed by atoms with Gasteiger partial charge < -0.3 is 10.4 Å². The highest BCUT2D eigenvalue weighted by atomic mass is 16.4. The molecule has 100 valence electrons. The lowest BCUT2D eigenvalue weighted by Gasteiger charge is -2.05. The van der Waals surface area contributed by atoms with Crippen LogP contribution in [-0.2, 0) is 0 Å². The number of aromatic nitrogens is 1. The maximum absolute atomic E-state index is 11.8. The number of aromatic carboxylic acids is 1. The van der Waals surface area contributed by atoms with E-state index in [-0.39, 0.29) is 17.2 Å². The lowest BCUT2D eigenvalue weighted by Crippen LogP contribution is -2.25. The molecule has 0 fully saturated rings. The molecule has 0 spiro atoms. The number of carbonyl (C=O) groups is 2. The van der Waals surface area contributed by atoms with Crippen molar-refractivity contribution in [1.29, 1.82) is 0 Å². The van der Waals surface area contributed by atoms with Gasteiger partial charge in [-0.2, -0.15) is 0 Å². The zero-order valence-corrected chi connectivity index (χ0v) is 10.6. The summed E-state index contributed by atoms with van der Waals surface area (Å²) in [6.07, 6.45) is 7.77. The van der Waals surface area contributed by atoms with Crippen LogP contribution in [0.4, 0.5) is 0 Å². The van der Waals surface area contributed by atoms with E-state index >= 15 is 0 Å². The summed E-state index contributed by atoms with van der Waals surface area (Å²) in [6.45, 7) is 0.590. The van der Waals surface area contributed by atoms with Crippen LogP contribution in [0.1, 0.15) is 46.5 Å². The Bertz CT molecular complexity index is 506. The van der Waals surface area contributed by atoms with Gasteiger partial charge in [0.25, 0.3) is 5.91 Å². The van der Waals surface area contributed by atoms with Crippen LogP contribution in [-0.4, -0.2) is 28.5 Å². The molecule has 0 saturated heterocycles. The second kappa shape index (κ2) is 6.13. The molecule has 0 bridgehead atoms. The SMILES string of the molecule is O=C(O)c1ccc(C(=O)NCCC2=CCCC2)nc1. The molecule has 0 radical (unpaired) electrons. The van der Waals surface area contributed by atoms with Crippen LogP contribution in [0, 0.1) is 0 Å². The van der Waals surface area contributed by atoms with E-state index in [9.17, 15) is 9.59 Å². The van der Waals surface area contributed by atoms with Gasteiger partial charge in [0.1, 0.15) is 5.69 Å². The predicted molar refractivity (Wildman–Crippen MR) is 70.1 cm³/mol. The molecule has 1 aliphatic carbocycles. The molecule has 2 rings (SSSR count). The molecule has 1 heterocycles. The van der Waals surface area contributed by atoms with Gasteiger partial charge in [-0.15, -0.1) is 0 Å². The third-order valence-corrected chi connectivity index (χ3v) is 3.11. The van der Waals surface area contributed by atoms with Gasteiger partial charge >= 0.3 is 5.97 Å². The topological polar surface area (TPSA) is 79.3 Å². The number of nitrogens with zero attached hydrogens (tertiary/aromatic N) is 1. The lowest BCUT2D eigenvalue weighted by atomic mass is 10.1. The molecule has 1 aromatic rings. The number of pyridine rings is 1. The molecule has 0 aliphatic heterocycles. The Morgan fingerprint density at radius 2 is 2.21 bits per heavy atom. The van der Waals surface area contributed by atoms with Gasteiger partial charge in [0.15, 0.2) is 0 Å². The molecule has 0 atom stereocenters. The lowest BCUT2D eigenvalue weighted by molar-refractivity contribution is 0.0695. The van der Waals surface area contributed by atoms with E-state index in [0.29, 0.717) is 6.54 Å². The third kappa shape index (κ3) is 3.64. The van der Waals surface area contributed by atoms with E-state index in [4.69, 9.17) is 5.11 Å². The van der Waals surface area contributed by atoms with Gasteiger partial charge in [0.05, 0.1) is 5.56 Å². The van der Waals surface area contributed by atoms with Gasteiger partial charge in [0.2, 0.25) is 0 Å². The first-order valence-electron chi connectivity index (χ1n) is 6.32. The number of nitrogens with one attached hydrogen (secondary N) is 1. The molecule has 0 aromatic carbocycles. The minimum atomic E-state index is -1.05. The van der Waals surface area contributed by atoms with Crippen molar-refractivity contribution in [2.24, 2.45) is 0 Å². The number of carboxylic acids is 1. The highest BCUT2D eigenvalue weighted by Crippen LogP contribution is 2.19. The highest BCUT2D eigenvalue weighted by Gasteiger charge is 2.10. The quantitative estimate of drug-likeness (QED) is 0.794. The first-order chi connectivity index (χ1) is 9.16. The summed E-state index contributed by atoms with van der Waals surface area (Å²) >= 11 is 0. The fourth-order valence-electron chi connectivity index (χ4n) is 2.05. The van der Waals surface area contributed by atoms with E-state index in [0.717, 1.165) is 19.3 Å². The van der Waals surface area contributed by atoms with Crippen LogP contribution in [0.3, 0.4) is 0 Å². The van der Waals surface area contributed by atoms with Crippen molar-refractivity contribution in [2.45, 2.75) is 25.7 Å². The zero-order valence-electron chi connectivity index (χ0n) is 10.6. The van der Waals surface area contributed by atoms with Crippen molar-refractivity contribution in [3.05, 3.63) is 41.2 Å². The molecule has 5 nitrogen and oxygen atoms in total. The largest absolute Gasteiger partial charge is 0.478 e. The van der Waals surface area contributed by atoms with Gasteiger partial charge in [-0.25, -0.2) is 4.79 Å². The zero-order chi connectivity index (χ0) is 13.7. The minimum absolute atomic E-state index is 0.0765. The molecular formula is C14H16N2O3. The first kappa shape index (κ1) is 13.3. The van der Waals surface area contributed by atoms with Crippen molar-refractivity contribution in [2.75, 3.05) is 6.54 Å². The second-order valence-corrected chi connectivity index (χ2v) is 4.50. The molecule has 1 aliphatic rings. The van der Waals surface area contributed by atoms with Crippen LogP contribution < -0.4 is 5.32 Å².